The number of halogens is 3. The summed E-state index contributed by atoms with van der Waals surface area (Å²) in [7, 11) is 3.24. The molecule has 0 N–H and O–H groups in total. The lowest BCUT2D eigenvalue weighted by Gasteiger charge is -2.36. The summed E-state index contributed by atoms with van der Waals surface area (Å²) in [6, 6.07) is 9.46. The van der Waals surface area contributed by atoms with Crippen molar-refractivity contribution in [3.05, 3.63) is 59.4 Å². The Morgan fingerprint density at radius 2 is 1.68 bits per heavy atom. The molecule has 0 saturated carbocycles. The third kappa shape index (κ3) is 5.78. The van der Waals surface area contributed by atoms with Crippen molar-refractivity contribution in [3.63, 3.8) is 0 Å². The Labute approximate surface area is 198 Å². The van der Waals surface area contributed by atoms with Gasteiger partial charge in [0.1, 0.15) is 5.75 Å². The molecule has 5 nitrogen and oxygen atoms in total. The predicted molar refractivity (Wildman–Crippen MR) is 126 cm³/mol. The van der Waals surface area contributed by atoms with Crippen molar-refractivity contribution in [2.24, 2.45) is 0 Å². The zero-order valence-corrected chi connectivity index (χ0v) is 19.7. The van der Waals surface area contributed by atoms with E-state index >= 15 is 0 Å². The van der Waals surface area contributed by atoms with E-state index in [4.69, 9.17) is 14.2 Å². The minimum atomic E-state index is -4.31. The molecule has 0 aromatic heterocycles. The van der Waals surface area contributed by atoms with Crippen molar-refractivity contribution >= 4 is 5.69 Å². The van der Waals surface area contributed by atoms with Gasteiger partial charge in [-0.3, -0.25) is 4.90 Å². The van der Waals surface area contributed by atoms with Gasteiger partial charge in [0.05, 0.1) is 26.0 Å². The van der Waals surface area contributed by atoms with Gasteiger partial charge < -0.3 is 19.1 Å². The fraction of sp³-hybridized carbons (Fsp3) is 0.462. The monoisotopic (exact) mass is 476 g/mol. The Kier molecular flexibility index (Phi) is 7.56. The molecule has 0 amide bonds. The number of hydrogen-bond acceptors (Lipinski definition) is 5. The third-order valence-electron chi connectivity index (χ3n) is 6.47. The molecule has 1 saturated heterocycles. The molecule has 2 aromatic rings. The molecule has 184 valence electrons. The maximum atomic E-state index is 13.0. The fourth-order valence-corrected chi connectivity index (χ4v) is 4.53. The number of hydrogen-bond donors (Lipinski definition) is 0. The Morgan fingerprint density at radius 3 is 2.38 bits per heavy atom. The van der Waals surface area contributed by atoms with Crippen molar-refractivity contribution in [2.45, 2.75) is 31.9 Å². The van der Waals surface area contributed by atoms with Crippen LogP contribution in [0.2, 0.25) is 0 Å². The number of alkyl halides is 3. The summed E-state index contributed by atoms with van der Waals surface area (Å²) in [6.45, 7) is 4.19. The van der Waals surface area contributed by atoms with Gasteiger partial charge in [-0.05, 0) is 55.6 Å². The summed E-state index contributed by atoms with van der Waals surface area (Å²) in [5.74, 6) is 2.17. The number of nitrogens with zero attached hydrogens (tertiary/aromatic N) is 2. The number of benzene rings is 2. The highest BCUT2D eigenvalue weighted by Crippen LogP contribution is 2.38. The van der Waals surface area contributed by atoms with Crippen LogP contribution in [-0.4, -0.2) is 51.8 Å². The number of unbranched alkanes of at least 4 members (excludes halogenated alkanes) is 1. The number of anilines is 1. The highest BCUT2D eigenvalue weighted by Gasteiger charge is 2.31. The van der Waals surface area contributed by atoms with Crippen LogP contribution >= 0.6 is 0 Å². The van der Waals surface area contributed by atoms with Gasteiger partial charge in [0.2, 0.25) is 0 Å². The first-order valence-electron chi connectivity index (χ1n) is 11.6. The first-order valence-corrected chi connectivity index (χ1v) is 11.6. The molecule has 0 atom stereocenters. The lowest BCUT2D eigenvalue weighted by molar-refractivity contribution is -0.137. The molecule has 0 spiro atoms. The maximum absolute atomic E-state index is 13.0. The summed E-state index contributed by atoms with van der Waals surface area (Å²) >= 11 is 0. The van der Waals surface area contributed by atoms with Crippen LogP contribution in [0.25, 0.3) is 0 Å². The molecule has 2 aromatic carbocycles. The molecule has 4 rings (SSSR count). The average Bonchev–Trinajstić information content (AvgIpc) is 2.85. The summed E-state index contributed by atoms with van der Waals surface area (Å²) in [6.07, 6.45) is 1.48. The molecular formula is C26H31F3N2O3. The van der Waals surface area contributed by atoms with Gasteiger partial charge in [-0.15, -0.1) is 0 Å². The molecular weight excluding hydrogens is 445 g/mol. The normalized spacial score (nSPS) is 16.5. The molecule has 2 aliphatic heterocycles. The summed E-state index contributed by atoms with van der Waals surface area (Å²) in [4.78, 5) is 4.43. The minimum Gasteiger partial charge on any atom is -0.493 e. The van der Waals surface area contributed by atoms with Crippen molar-refractivity contribution < 1.29 is 27.4 Å². The molecule has 34 heavy (non-hydrogen) atoms. The van der Waals surface area contributed by atoms with Crippen LogP contribution in [0.4, 0.5) is 18.9 Å². The molecule has 0 unspecified atom stereocenters. The van der Waals surface area contributed by atoms with Crippen molar-refractivity contribution in [1.29, 1.82) is 0 Å². The van der Waals surface area contributed by atoms with E-state index in [-0.39, 0.29) is 0 Å². The van der Waals surface area contributed by atoms with Crippen LogP contribution in [0.15, 0.2) is 48.2 Å². The topological polar surface area (TPSA) is 34.2 Å². The number of piperazine rings is 1. The van der Waals surface area contributed by atoms with Crippen LogP contribution < -0.4 is 19.1 Å². The predicted octanol–water partition coefficient (Wildman–Crippen LogP) is 5.53. The van der Waals surface area contributed by atoms with E-state index in [1.807, 2.05) is 23.3 Å². The van der Waals surface area contributed by atoms with Gasteiger partial charge in [-0.1, -0.05) is 6.07 Å². The Morgan fingerprint density at radius 1 is 0.941 bits per heavy atom. The molecule has 0 aliphatic carbocycles. The van der Waals surface area contributed by atoms with Crippen LogP contribution in [0, 0.1) is 0 Å². The number of methoxy groups -OCH3 is 2. The van der Waals surface area contributed by atoms with Gasteiger partial charge >= 0.3 is 6.18 Å². The highest BCUT2D eigenvalue weighted by molar-refractivity contribution is 5.53. The van der Waals surface area contributed by atoms with Gasteiger partial charge in [0.15, 0.2) is 11.5 Å². The minimum absolute atomic E-state index is 0.589. The summed E-state index contributed by atoms with van der Waals surface area (Å²) in [5.41, 5.74) is 2.41. The van der Waals surface area contributed by atoms with E-state index in [1.54, 1.807) is 20.3 Å². The van der Waals surface area contributed by atoms with E-state index in [2.05, 4.69) is 4.90 Å². The van der Waals surface area contributed by atoms with Crippen LogP contribution in [0.3, 0.4) is 0 Å². The van der Waals surface area contributed by atoms with E-state index < -0.39 is 11.7 Å². The van der Waals surface area contributed by atoms with E-state index in [9.17, 15) is 13.2 Å². The summed E-state index contributed by atoms with van der Waals surface area (Å²) in [5, 5.41) is 0. The quantitative estimate of drug-likeness (QED) is 0.468. The average molecular weight is 477 g/mol. The third-order valence-corrected chi connectivity index (χ3v) is 6.47. The second-order valence-corrected chi connectivity index (χ2v) is 8.72. The van der Waals surface area contributed by atoms with Crippen LogP contribution in [0.5, 0.6) is 17.2 Å². The fourth-order valence-electron chi connectivity index (χ4n) is 4.53. The molecule has 2 aliphatic rings. The lowest BCUT2D eigenvalue weighted by atomic mass is 9.98. The van der Waals surface area contributed by atoms with Gasteiger partial charge in [0, 0.05) is 49.9 Å². The SMILES string of the molecule is COc1cc2c(cc1OC)OC=C(CCCCN1CCN(c3cccc(C(F)(F)F)c3)CC1)C2. The number of allylic oxidation sites excluding steroid dienone is 1. The summed E-state index contributed by atoms with van der Waals surface area (Å²) < 4.78 is 55.5. The zero-order valence-electron chi connectivity index (χ0n) is 19.7. The second kappa shape index (κ2) is 10.6. The number of rotatable bonds is 8. The molecule has 0 bridgehead atoms. The van der Waals surface area contributed by atoms with Crippen molar-refractivity contribution in [2.75, 3.05) is 51.8 Å². The first kappa shape index (κ1) is 24.3. The van der Waals surface area contributed by atoms with E-state index in [0.29, 0.717) is 17.2 Å². The van der Waals surface area contributed by atoms with Crippen molar-refractivity contribution in [3.8, 4) is 17.2 Å². The van der Waals surface area contributed by atoms with E-state index in [0.717, 1.165) is 75.8 Å². The first-order chi connectivity index (χ1) is 16.4. The molecule has 8 heteroatoms. The Bertz CT molecular complexity index is 1010. The smallest absolute Gasteiger partial charge is 0.416 e. The van der Waals surface area contributed by atoms with Gasteiger partial charge in [0.25, 0.3) is 0 Å². The lowest BCUT2D eigenvalue weighted by Crippen LogP contribution is -2.46. The standard InChI is InChI=1S/C26H31F3N2O3/c1-32-24-15-20-14-19(18-34-23(20)17-25(24)33-2)6-3-4-9-30-10-12-31(13-11-30)22-8-5-7-21(16-22)26(27,28)29/h5,7-8,15-18H,3-4,6,9-14H2,1-2H3. The largest absolute Gasteiger partial charge is 0.493 e. The van der Waals surface area contributed by atoms with Crippen molar-refractivity contribution in [1.82, 2.24) is 4.90 Å². The van der Waals surface area contributed by atoms with Gasteiger partial charge in [-0.25, -0.2) is 0 Å². The van der Waals surface area contributed by atoms with Crippen LogP contribution in [-0.2, 0) is 12.6 Å². The maximum Gasteiger partial charge on any atom is 0.416 e. The van der Waals surface area contributed by atoms with Crippen LogP contribution in [0.1, 0.15) is 30.4 Å². The number of ether oxygens (including phenoxy) is 3. The molecule has 1 fully saturated rings. The highest BCUT2D eigenvalue weighted by atomic mass is 19.4. The zero-order chi connectivity index (χ0) is 24.1. The Balaban J connectivity index is 1.20. The molecule has 2 heterocycles. The number of fused-ring (bicyclic) bond motifs is 1. The molecule has 0 radical (unpaired) electrons. The second-order valence-electron chi connectivity index (χ2n) is 8.72. The van der Waals surface area contributed by atoms with Gasteiger partial charge in [-0.2, -0.15) is 13.2 Å². The Hall–Kier alpha value is -2.87. The van der Waals surface area contributed by atoms with E-state index in [1.165, 1.54) is 17.7 Å².